The number of carbonyl (C=O) groups excluding carboxylic acids is 2. The van der Waals surface area contributed by atoms with Crippen LogP contribution < -0.4 is 0 Å². The van der Waals surface area contributed by atoms with Gasteiger partial charge in [0.05, 0.1) is 18.0 Å². The fourth-order valence-electron chi connectivity index (χ4n) is 2.86. The van der Waals surface area contributed by atoms with E-state index in [0.717, 1.165) is 19.0 Å². The third kappa shape index (κ3) is 3.28. The zero-order chi connectivity index (χ0) is 16.4. The maximum atomic E-state index is 12.9. The topological polar surface area (TPSA) is 68.1 Å². The number of pyridine rings is 1. The first kappa shape index (κ1) is 15.3. The van der Waals surface area contributed by atoms with Crippen molar-refractivity contribution in [2.24, 2.45) is 7.05 Å². The Morgan fingerprint density at radius 1 is 1.35 bits per heavy atom. The summed E-state index contributed by atoms with van der Waals surface area (Å²) in [5, 5.41) is 3.99. The molecule has 0 N–H and O–H groups in total. The maximum Gasteiger partial charge on any atom is 0.272 e. The molecule has 1 aliphatic rings. The number of amides is 1. The Balaban J connectivity index is 1.71. The summed E-state index contributed by atoms with van der Waals surface area (Å²) >= 11 is 0. The van der Waals surface area contributed by atoms with Gasteiger partial charge in [-0.05, 0) is 25.0 Å². The maximum absolute atomic E-state index is 12.9. The van der Waals surface area contributed by atoms with Gasteiger partial charge in [0.1, 0.15) is 11.5 Å². The number of aromatic nitrogens is 3. The van der Waals surface area contributed by atoms with E-state index in [1.165, 1.54) is 18.3 Å². The molecule has 3 heterocycles. The number of hydrogen-bond acceptors (Lipinski definition) is 4. The third-order valence-electron chi connectivity index (χ3n) is 4.03. The molecule has 0 aromatic carbocycles. The average molecular weight is 316 g/mol. The standard InChI is InChI=1S/C16H17FN4O2/c1-20-10-11(8-19-20)15(22)7-13-3-2-6-21(13)16(23)14-5-4-12(17)9-18-14/h4-5,8-10,13H,2-3,6-7H2,1H3. The molecule has 1 aliphatic heterocycles. The van der Waals surface area contributed by atoms with Gasteiger partial charge in [-0.3, -0.25) is 14.3 Å². The van der Waals surface area contributed by atoms with Crippen LogP contribution in [-0.4, -0.2) is 43.9 Å². The van der Waals surface area contributed by atoms with Gasteiger partial charge in [-0.1, -0.05) is 0 Å². The minimum atomic E-state index is -0.480. The molecule has 1 unspecified atom stereocenters. The third-order valence-corrected chi connectivity index (χ3v) is 4.03. The first-order valence-electron chi connectivity index (χ1n) is 7.49. The molecule has 0 radical (unpaired) electrons. The van der Waals surface area contributed by atoms with Crippen molar-refractivity contribution in [3.05, 3.63) is 47.8 Å². The number of carbonyl (C=O) groups is 2. The van der Waals surface area contributed by atoms with Crippen LogP contribution in [0.4, 0.5) is 4.39 Å². The highest BCUT2D eigenvalue weighted by Crippen LogP contribution is 2.23. The summed E-state index contributed by atoms with van der Waals surface area (Å²) in [6, 6.07) is 2.43. The number of halogens is 1. The van der Waals surface area contributed by atoms with Crippen molar-refractivity contribution < 1.29 is 14.0 Å². The van der Waals surface area contributed by atoms with Gasteiger partial charge in [-0.25, -0.2) is 9.37 Å². The molecule has 1 fully saturated rings. The second-order valence-corrected chi connectivity index (χ2v) is 5.69. The summed E-state index contributed by atoms with van der Waals surface area (Å²) in [6.45, 7) is 0.586. The Kier molecular flexibility index (Phi) is 4.18. The zero-order valence-electron chi connectivity index (χ0n) is 12.8. The number of likely N-dealkylation sites (tertiary alicyclic amines) is 1. The van der Waals surface area contributed by atoms with Crippen LogP contribution in [0.25, 0.3) is 0 Å². The lowest BCUT2D eigenvalue weighted by molar-refractivity contribution is 0.0711. The summed E-state index contributed by atoms with van der Waals surface area (Å²) in [4.78, 5) is 30.3. The largest absolute Gasteiger partial charge is 0.334 e. The Bertz CT molecular complexity index is 726. The van der Waals surface area contributed by atoms with Gasteiger partial charge in [0.2, 0.25) is 0 Å². The fourth-order valence-corrected chi connectivity index (χ4v) is 2.86. The Labute approximate surface area is 132 Å². The number of rotatable bonds is 4. The molecule has 2 aromatic rings. The molecule has 0 saturated carbocycles. The van der Waals surface area contributed by atoms with Crippen molar-refractivity contribution in [3.63, 3.8) is 0 Å². The van der Waals surface area contributed by atoms with E-state index in [2.05, 4.69) is 10.1 Å². The lowest BCUT2D eigenvalue weighted by atomic mass is 10.0. The number of Topliss-reactive ketones (excluding diaryl/α,β-unsaturated/α-hetero) is 1. The van der Waals surface area contributed by atoms with Gasteiger partial charge in [-0.2, -0.15) is 5.10 Å². The SMILES string of the molecule is Cn1cc(C(=O)CC2CCCN2C(=O)c2ccc(F)cn2)cn1. The lowest BCUT2D eigenvalue weighted by Crippen LogP contribution is -2.37. The molecular weight excluding hydrogens is 299 g/mol. The Hall–Kier alpha value is -2.57. The van der Waals surface area contributed by atoms with E-state index < -0.39 is 5.82 Å². The van der Waals surface area contributed by atoms with Crippen molar-refractivity contribution in [1.29, 1.82) is 0 Å². The smallest absolute Gasteiger partial charge is 0.272 e. The minimum absolute atomic E-state index is 0.0325. The van der Waals surface area contributed by atoms with Gasteiger partial charge in [0.25, 0.3) is 5.91 Å². The van der Waals surface area contributed by atoms with Crippen molar-refractivity contribution in [2.45, 2.75) is 25.3 Å². The van der Waals surface area contributed by atoms with Crippen molar-refractivity contribution >= 4 is 11.7 Å². The van der Waals surface area contributed by atoms with E-state index in [-0.39, 0.29) is 29.8 Å². The number of ketones is 1. The fraction of sp³-hybridized carbons (Fsp3) is 0.375. The molecule has 1 saturated heterocycles. The molecule has 3 rings (SSSR count). The van der Waals surface area contributed by atoms with Crippen LogP contribution in [0.2, 0.25) is 0 Å². The second-order valence-electron chi connectivity index (χ2n) is 5.69. The molecule has 23 heavy (non-hydrogen) atoms. The highest BCUT2D eigenvalue weighted by Gasteiger charge is 2.32. The Morgan fingerprint density at radius 2 is 2.17 bits per heavy atom. The Morgan fingerprint density at radius 3 is 2.83 bits per heavy atom. The molecule has 1 amide bonds. The summed E-state index contributed by atoms with van der Waals surface area (Å²) in [5.74, 6) is -0.771. The van der Waals surface area contributed by atoms with Gasteiger partial charge in [0.15, 0.2) is 5.78 Å². The van der Waals surface area contributed by atoms with Crippen LogP contribution in [0.5, 0.6) is 0 Å². The predicted molar refractivity (Wildman–Crippen MR) is 80.4 cm³/mol. The van der Waals surface area contributed by atoms with Crippen LogP contribution >= 0.6 is 0 Å². The van der Waals surface area contributed by atoms with Crippen LogP contribution in [0, 0.1) is 5.82 Å². The summed E-state index contributed by atoms with van der Waals surface area (Å²) in [6.07, 6.45) is 6.12. The van der Waals surface area contributed by atoms with E-state index in [1.54, 1.807) is 22.8 Å². The van der Waals surface area contributed by atoms with E-state index in [0.29, 0.717) is 12.1 Å². The molecule has 0 spiro atoms. The lowest BCUT2D eigenvalue weighted by Gasteiger charge is -2.23. The predicted octanol–water partition coefficient (Wildman–Crippen LogP) is 1.83. The molecule has 0 aliphatic carbocycles. The summed E-state index contributed by atoms with van der Waals surface area (Å²) in [7, 11) is 1.75. The zero-order valence-corrected chi connectivity index (χ0v) is 12.8. The van der Waals surface area contributed by atoms with E-state index in [1.807, 2.05) is 0 Å². The van der Waals surface area contributed by atoms with Gasteiger partial charge < -0.3 is 4.90 Å². The van der Waals surface area contributed by atoms with Crippen molar-refractivity contribution in [3.8, 4) is 0 Å². The molecule has 7 heteroatoms. The first-order valence-corrected chi connectivity index (χ1v) is 7.49. The van der Waals surface area contributed by atoms with Gasteiger partial charge >= 0.3 is 0 Å². The van der Waals surface area contributed by atoms with Crippen molar-refractivity contribution in [2.75, 3.05) is 6.54 Å². The van der Waals surface area contributed by atoms with Crippen LogP contribution in [0.3, 0.4) is 0 Å². The van der Waals surface area contributed by atoms with Gasteiger partial charge in [-0.15, -0.1) is 0 Å². The summed E-state index contributed by atoms with van der Waals surface area (Å²) < 4.78 is 14.5. The number of hydrogen-bond donors (Lipinski definition) is 0. The minimum Gasteiger partial charge on any atom is -0.334 e. The highest BCUT2D eigenvalue weighted by molar-refractivity contribution is 5.97. The van der Waals surface area contributed by atoms with Crippen molar-refractivity contribution in [1.82, 2.24) is 19.7 Å². The molecular formula is C16H17FN4O2. The second kappa shape index (κ2) is 6.28. The number of nitrogens with zero attached hydrogens (tertiary/aromatic N) is 4. The quantitative estimate of drug-likeness (QED) is 0.807. The van der Waals surface area contributed by atoms with E-state index in [9.17, 15) is 14.0 Å². The molecule has 2 aromatic heterocycles. The average Bonchev–Trinajstić information content (AvgIpc) is 3.16. The monoisotopic (exact) mass is 316 g/mol. The van der Waals surface area contributed by atoms with Crippen LogP contribution in [-0.2, 0) is 7.05 Å². The molecule has 120 valence electrons. The van der Waals surface area contributed by atoms with E-state index >= 15 is 0 Å². The van der Waals surface area contributed by atoms with E-state index in [4.69, 9.17) is 0 Å². The van der Waals surface area contributed by atoms with Crippen LogP contribution in [0.1, 0.15) is 40.1 Å². The van der Waals surface area contributed by atoms with Gasteiger partial charge in [0, 0.05) is 32.3 Å². The first-order chi connectivity index (χ1) is 11.0. The summed E-state index contributed by atoms with van der Waals surface area (Å²) in [5.41, 5.74) is 0.749. The van der Waals surface area contributed by atoms with Crippen LogP contribution in [0.15, 0.2) is 30.7 Å². The molecule has 0 bridgehead atoms. The molecule has 6 nitrogen and oxygen atoms in total. The molecule has 1 atom stereocenters. The normalized spacial score (nSPS) is 17.5. The highest BCUT2D eigenvalue weighted by atomic mass is 19.1. The number of aryl methyl sites for hydroxylation is 1.